The fraction of sp³-hybridized carbons (Fsp3) is 0.435. The average molecular weight is 408 g/mol. The zero-order valence-corrected chi connectivity index (χ0v) is 17.6. The highest BCUT2D eigenvalue weighted by atomic mass is 16.2. The second-order valence-electron chi connectivity index (χ2n) is 8.48. The zero-order chi connectivity index (χ0) is 21.1. The van der Waals surface area contributed by atoms with Crippen molar-refractivity contribution in [1.82, 2.24) is 19.8 Å². The van der Waals surface area contributed by atoms with Crippen molar-refractivity contribution in [3.63, 3.8) is 0 Å². The number of likely N-dealkylation sites (tertiary alicyclic amines) is 1. The SMILES string of the molecule is CN(C)CC=CC(=O)N1CC(N(CC2CC2)c2cc(-c3ccccn3)c[nH]c2=O)C1. The molecule has 1 N–H and O–H groups in total. The molecule has 1 aliphatic carbocycles. The van der Waals surface area contributed by atoms with Gasteiger partial charge in [0.1, 0.15) is 5.69 Å². The number of carbonyl (C=O) groups excluding carboxylic acids is 1. The Balaban J connectivity index is 1.50. The predicted octanol–water partition coefficient (Wildman–Crippen LogP) is 1.98. The fourth-order valence-electron chi connectivity index (χ4n) is 3.69. The van der Waals surface area contributed by atoms with Gasteiger partial charge in [0.15, 0.2) is 0 Å². The number of aromatic nitrogens is 2. The van der Waals surface area contributed by atoms with E-state index in [9.17, 15) is 9.59 Å². The molecule has 0 bridgehead atoms. The number of H-pyrrole nitrogens is 1. The van der Waals surface area contributed by atoms with Gasteiger partial charge in [-0.15, -0.1) is 0 Å². The van der Waals surface area contributed by atoms with Gasteiger partial charge in [-0.3, -0.25) is 14.6 Å². The van der Waals surface area contributed by atoms with E-state index in [2.05, 4.69) is 14.9 Å². The lowest BCUT2D eigenvalue weighted by Crippen LogP contribution is -2.62. The third kappa shape index (κ3) is 4.79. The van der Waals surface area contributed by atoms with E-state index in [1.165, 1.54) is 12.8 Å². The number of hydrogen-bond acceptors (Lipinski definition) is 5. The van der Waals surface area contributed by atoms with Crippen LogP contribution in [0.15, 0.2) is 53.6 Å². The first-order chi connectivity index (χ1) is 14.5. The van der Waals surface area contributed by atoms with Crippen LogP contribution in [0.3, 0.4) is 0 Å². The lowest BCUT2D eigenvalue weighted by atomic mass is 10.0. The van der Waals surface area contributed by atoms with E-state index in [-0.39, 0.29) is 17.5 Å². The van der Waals surface area contributed by atoms with Crippen molar-refractivity contribution >= 4 is 11.6 Å². The summed E-state index contributed by atoms with van der Waals surface area (Å²) >= 11 is 0. The molecule has 2 fully saturated rings. The molecule has 0 spiro atoms. The van der Waals surface area contributed by atoms with Crippen molar-refractivity contribution in [2.45, 2.75) is 18.9 Å². The number of nitrogens with one attached hydrogen (secondary N) is 1. The van der Waals surface area contributed by atoms with Crippen molar-refractivity contribution in [2.24, 2.45) is 5.92 Å². The van der Waals surface area contributed by atoms with Gasteiger partial charge in [0, 0.05) is 50.2 Å². The second-order valence-corrected chi connectivity index (χ2v) is 8.48. The van der Waals surface area contributed by atoms with E-state index in [1.807, 2.05) is 54.2 Å². The third-order valence-electron chi connectivity index (χ3n) is 5.65. The largest absolute Gasteiger partial charge is 0.360 e. The molecular formula is C23H29N5O2. The summed E-state index contributed by atoms with van der Waals surface area (Å²) in [4.78, 5) is 38.4. The molecule has 2 aromatic rings. The molecule has 1 amide bonds. The van der Waals surface area contributed by atoms with E-state index < -0.39 is 0 Å². The molecule has 4 rings (SSSR count). The van der Waals surface area contributed by atoms with E-state index in [0.717, 1.165) is 24.3 Å². The molecule has 1 aliphatic heterocycles. The Labute approximate surface area is 177 Å². The second kappa shape index (κ2) is 8.83. The molecule has 7 heteroatoms. The first-order valence-corrected chi connectivity index (χ1v) is 10.5. The Morgan fingerprint density at radius 3 is 2.77 bits per heavy atom. The normalized spacial score (nSPS) is 16.8. The molecule has 1 saturated carbocycles. The van der Waals surface area contributed by atoms with Crippen LogP contribution in [0.5, 0.6) is 0 Å². The Hall–Kier alpha value is -2.93. The van der Waals surface area contributed by atoms with Gasteiger partial charge in [-0.2, -0.15) is 0 Å². The van der Waals surface area contributed by atoms with Crippen LogP contribution in [-0.4, -0.2) is 72.0 Å². The highest BCUT2D eigenvalue weighted by molar-refractivity contribution is 5.88. The summed E-state index contributed by atoms with van der Waals surface area (Å²) in [5.74, 6) is 0.670. The maximum atomic E-state index is 12.7. The van der Waals surface area contributed by atoms with E-state index in [4.69, 9.17) is 0 Å². The summed E-state index contributed by atoms with van der Waals surface area (Å²) in [6, 6.07) is 7.85. The van der Waals surface area contributed by atoms with Crippen molar-refractivity contribution in [2.75, 3.05) is 45.2 Å². The lowest BCUT2D eigenvalue weighted by molar-refractivity contribution is -0.130. The number of pyridine rings is 2. The van der Waals surface area contributed by atoms with Crippen LogP contribution in [0.25, 0.3) is 11.3 Å². The van der Waals surface area contributed by atoms with E-state index >= 15 is 0 Å². The van der Waals surface area contributed by atoms with Crippen molar-refractivity contribution < 1.29 is 4.79 Å². The fourth-order valence-corrected chi connectivity index (χ4v) is 3.69. The number of rotatable bonds is 8. The molecule has 158 valence electrons. The molecule has 0 atom stereocenters. The van der Waals surface area contributed by atoms with Gasteiger partial charge in [-0.1, -0.05) is 12.1 Å². The number of hydrogen-bond donors (Lipinski definition) is 1. The summed E-state index contributed by atoms with van der Waals surface area (Å²) in [7, 11) is 3.95. The van der Waals surface area contributed by atoms with Crippen LogP contribution in [-0.2, 0) is 4.79 Å². The highest BCUT2D eigenvalue weighted by Crippen LogP contribution is 2.33. The number of nitrogens with zero attached hydrogens (tertiary/aromatic N) is 4. The first-order valence-electron chi connectivity index (χ1n) is 10.5. The van der Waals surface area contributed by atoms with Gasteiger partial charge in [0.05, 0.1) is 11.7 Å². The van der Waals surface area contributed by atoms with Crippen LogP contribution in [0.2, 0.25) is 0 Å². The molecular weight excluding hydrogens is 378 g/mol. The van der Waals surface area contributed by atoms with Gasteiger partial charge in [0.2, 0.25) is 5.91 Å². The summed E-state index contributed by atoms with van der Waals surface area (Å²) in [5.41, 5.74) is 2.30. The van der Waals surface area contributed by atoms with Crippen LogP contribution < -0.4 is 10.5 Å². The molecule has 2 aromatic heterocycles. The summed E-state index contributed by atoms with van der Waals surface area (Å²) < 4.78 is 0. The monoisotopic (exact) mass is 407 g/mol. The van der Waals surface area contributed by atoms with Crippen LogP contribution in [0.4, 0.5) is 5.69 Å². The Kier molecular flexibility index (Phi) is 5.99. The standard InChI is InChI=1S/C23H29N5O2/c1-26(2)11-5-7-22(29)27-15-19(16-27)28(14-17-8-9-17)21-12-18(13-25-23(21)30)20-6-3-4-10-24-20/h3-7,10,12-13,17,19H,8-9,11,14-16H2,1-2H3,(H,25,30). The Morgan fingerprint density at radius 2 is 2.10 bits per heavy atom. The van der Waals surface area contributed by atoms with E-state index in [0.29, 0.717) is 24.7 Å². The maximum Gasteiger partial charge on any atom is 0.271 e. The molecule has 1 saturated heterocycles. The quantitative estimate of drug-likeness (QED) is 0.678. The maximum absolute atomic E-state index is 12.7. The molecule has 0 radical (unpaired) electrons. The number of anilines is 1. The van der Waals surface area contributed by atoms with Crippen molar-refractivity contribution in [3.05, 3.63) is 59.2 Å². The molecule has 2 aliphatic rings. The topological polar surface area (TPSA) is 72.5 Å². The molecule has 7 nitrogen and oxygen atoms in total. The van der Waals surface area contributed by atoms with Gasteiger partial charge in [-0.05, 0) is 51.1 Å². The summed E-state index contributed by atoms with van der Waals surface area (Å²) in [6.45, 7) is 2.89. The summed E-state index contributed by atoms with van der Waals surface area (Å²) in [6.07, 6.45) is 9.42. The van der Waals surface area contributed by atoms with E-state index in [1.54, 1.807) is 18.5 Å². The molecule has 30 heavy (non-hydrogen) atoms. The van der Waals surface area contributed by atoms with Gasteiger partial charge < -0.3 is 19.7 Å². The van der Waals surface area contributed by atoms with Crippen LogP contribution >= 0.6 is 0 Å². The van der Waals surface area contributed by atoms with Crippen molar-refractivity contribution in [3.8, 4) is 11.3 Å². The summed E-state index contributed by atoms with van der Waals surface area (Å²) in [5, 5.41) is 0. The molecule has 0 unspecified atom stereocenters. The Bertz CT molecular complexity index is 959. The Morgan fingerprint density at radius 1 is 1.30 bits per heavy atom. The first kappa shape index (κ1) is 20.3. The zero-order valence-electron chi connectivity index (χ0n) is 17.6. The van der Waals surface area contributed by atoms with Crippen LogP contribution in [0.1, 0.15) is 12.8 Å². The minimum atomic E-state index is -0.0917. The van der Waals surface area contributed by atoms with Crippen molar-refractivity contribution in [1.29, 1.82) is 0 Å². The molecule has 3 heterocycles. The van der Waals surface area contributed by atoms with Gasteiger partial charge in [0.25, 0.3) is 5.56 Å². The number of amides is 1. The average Bonchev–Trinajstić information content (AvgIpc) is 3.51. The highest BCUT2D eigenvalue weighted by Gasteiger charge is 2.37. The predicted molar refractivity (Wildman–Crippen MR) is 118 cm³/mol. The molecule has 0 aromatic carbocycles. The lowest BCUT2D eigenvalue weighted by Gasteiger charge is -2.46. The minimum Gasteiger partial charge on any atom is -0.360 e. The van der Waals surface area contributed by atoms with Crippen LogP contribution in [0, 0.1) is 5.92 Å². The van der Waals surface area contributed by atoms with Gasteiger partial charge >= 0.3 is 0 Å². The third-order valence-corrected chi connectivity index (χ3v) is 5.65. The number of carbonyl (C=O) groups is 1. The number of aromatic amines is 1. The smallest absolute Gasteiger partial charge is 0.271 e. The van der Waals surface area contributed by atoms with Gasteiger partial charge in [-0.25, -0.2) is 0 Å². The minimum absolute atomic E-state index is 0.0376. The number of likely N-dealkylation sites (N-methyl/N-ethyl adjacent to an activating group) is 1.